The number of hydrogen-bond donors (Lipinski definition) is 2. The van der Waals surface area contributed by atoms with E-state index in [1.54, 1.807) is 0 Å². The van der Waals surface area contributed by atoms with Crippen LogP contribution in [0.4, 0.5) is 13.2 Å². The van der Waals surface area contributed by atoms with E-state index in [4.69, 9.17) is 17.3 Å². The number of carbonyl (C=O) groups excluding carboxylic acids is 1. The number of alkyl halides is 3. The summed E-state index contributed by atoms with van der Waals surface area (Å²) in [4.78, 5) is 19.2. The number of aromatic nitrogens is 2. The maximum Gasteiger partial charge on any atom is 0.417 e. The average molecular weight is 390 g/mol. The topological polar surface area (TPSA) is 93.3 Å². The van der Waals surface area contributed by atoms with Gasteiger partial charge in [-0.2, -0.15) is 18.3 Å². The molecule has 2 heterocycles. The molecule has 0 fully saturated rings. The molecule has 0 saturated heterocycles. The third-order valence-electron chi connectivity index (χ3n) is 2.74. The second-order valence-corrected chi connectivity index (χ2v) is 5.95. The van der Waals surface area contributed by atoms with Crippen LogP contribution in [0.3, 0.4) is 0 Å². The molecule has 25 heavy (non-hydrogen) atoms. The van der Waals surface area contributed by atoms with Gasteiger partial charge >= 0.3 is 6.18 Å². The van der Waals surface area contributed by atoms with Crippen LogP contribution in [0.25, 0.3) is 0 Å². The van der Waals surface area contributed by atoms with Gasteiger partial charge in [0.2, 0.25) is 0 Å². The molecule has 0 unspecified atom stereocenters. The van der Waals surface area contributed by atoms with E-state index in [2.05, 4.69) is 20.5 Å². The summed E-state index contributed by atoms with van der Waals surface area (Å²) in [7, 11) is 0. The number of amides is 1. The Morgan fingerprint density at radius 1 is 1.36 bits per heavy atom. The lowest BCUT2D eigenvalue weighted by Crippen LogP contribution is -2.24. The van der Waals surface area contributed by atoms with E-state index in [0.29, 0.717) is 11.8 Å². The molecule has 0 aliphatic rings. The summed E-state index contributed by atoms with van der Waals surface area (Å²) in [5, 5.41) is 3.73. The standard InChI is InChI=1S/C14H11ClF3N5OS/c15-10-5-9(14(16,17)18)6-21-13(10)25-7-11(19)22-23-12(24)8-1-3-20-4-2-8/h1-6H,7H2,(H2,19,22)(H,23,24). The minimum Gasteiger partial charge on any atom is -0.385 e. The Hall–Kier alpha value is -2.33. The Balaban J connectivity index is 1.93. The predicted molar refractivity (Wildman–Crippen MR) is 88.3 cm³/mol. The van der Waals surface area contributed by atoms with Crippen molar-refractivity contribution in [1.82, 2.24) is 15.4 Å². The van der Waals surface area contributed by atoms with E-state index >= 15 is 0 Å². The molecule has 1 amide bonds. The fourth-order valence-electron chi connectivity index (χ4n) is 1.55. The van der Waals surface area contributed by atoms with Crippen LogP contribution in [0.5, 0.6) is 0 Å². The highest BCUT2D eigenvalue weighted by atomic mass is 35.5. The first-order valence-electron chi connectivity index (χ1n) is 6.65. The van der Waals surface area contributed by atoms with E-state index in [9.17, 15) is 18.0 Å². The zero-order chi connectivity index (χ0) is 18.4. The van der Waals surface area contributed by atoms with Gasteiger partial charge in [0.25, 0.3) is 5.91 Å². The van der Waals surface area contributed by atoms with Gasteiger partial charge in [-0.1, -0.05) is 23.4 Å². The lowest BCUT2D eigenvalue weighted by molar-refractivity contribution is -0.137. The van der Waals surface area contributed by atoms with Crippen LogP contribution in [-0.4, -0.2) is 27.5 Å². The number of pyridine rings is 2. The molecule has 6 nitrogen and oxygen atoms in total. The van der Waals surface area contributed by atoms with Crippen LogP contribution in [0.2, 0.25) is 5.02 Å². The molecule has 2 aromatic heterocycles. The molecule has 0 aliphatic heterocycles. The molecule has 0 spiro atoms. The van der Waals surface area contributed by atoms with Crippen molar-refractivity contribution in [3.05, 3.63) is 52.9 Å². The average Bonchev–Trinajstić information content (AvgIpc) is 2.58. The van der Waals surface area contributed by atoms with Crippen molar-refractivity contribution in [3.63, 3.8) is 0 Å². The van der Waals surface area contributed by atoms with E-state index in [1.165, 1.54) is 24.5 Å². The number of carbonyl (C=O) groups is 1. The molecule has 132 valence electrons. The molecule has 0 atom stereocenters. The highest BCUT2D eigenvalue weighted by molar-refractivity contribution is 8.00. The number of hydrazone groups is 1. The second-order valence-electron chi connectivity index (χ2n) is 4.58. The summed E-state index contributed by atoms with van der Waals surface area (Å²) in [5.74, 6) is -0.347. The van der Waals surface area contributed by atoms with Crippen molar-refractivity contribution >= 4 is 35.1 Å². The number of thioether (sulfide) groups is 1. The molecule has 11 heteroatoms. The lowest BCUT2D eigenvalue weighted by atomic mass is 10.3. The monoisotopic (exact) mass is 389 g/mol. The smallest absolute Gasteiger partial charge is 0.385 e. The third kappa shape index (κ3) is 5.61. The number of halogens is 4. The molecule has 0 bridgehead atoms. The zero-order valence-electron chi connectivity index (χ0n) is 12.4. The first kappa shape index (κ1) is 19.0. The highest BCUT2D eigenvalue weighted by Crippen LogP contribution is 2.33. The Morgan fingerprint density at radius 3 is 2.64 bits per heavy atom. The molecule has 0 aromatic carbocycles. The van der Waals surface area contributed by atoms with E-state index < -0.39 is 17.6 Å². The Bertz CT molecular complexity index is 786. The van der Waals surface area contributed by atoms with Crippen molar-refractivity contribution in [2.75, 3.05) is 5.75 Å². The van der Waals surface area contributed by atoms with Crippen LogP contribution in [0.1, 0.15) is 15.9 Å². The molecular formula is C14H11ClF3N5OS. The van der Waals surface area contributed by atoms with Gasteiger partial charge in [0.1, 0.15) is 10.9 Å². The molecule has 3 N–H and O–H groups in total. The summed E-state index contributed by atoms with van der Waals surface area (Å²) >= 11 is 6.78. The van der Waals surface area contributed by atoms with Gasteiger partial charge in [0.15, 0.2) is 0 Å². The summed E-state index contributed by atoms with van der Waals surface area (Å²) in [6, 6.07) is 3.79. The quantitative estimate of drug-likeness (QED) is 0.355. The predicted octanol–water partition coefficient (Wildman–Crippen LogP) is 2.94. The van der Waals surface area contributed by atoms with Crippen LogP contribution in [0.15, 0.2) is 46.9 Å². The minimum atomic E-state index is -4.52. The molecular weight excluding hydrogens is 379 g/mol. The Kier molecular flexibility index (Phi) is 6.21. The first-order chi connectivity index (χ1) is 11.8. The molecule has 2 rings (SSSR count). The number of nitrogens with one attached hydrogen (secondary N) is 1. The van der Waals surface area contributed by atoms with Gasteiger partial charge in [0.05, 0.1) is 16.3 Å². The van der Waals surface area contributed by atoms with Gasteiger partial charge in [-0.05, 0) is 18.2 Å². The summed E-state index contributed by atoms with van der Waals surface area (Å²) < 4.78 is 37.6. The summed E-state index contributed by atoms with van der Waals surface area (Å²) in [6.07, 6.45) is -0.920. The maximum absolute atomic E-state index is 12.5. The van der Waals surface area contributed by atoms with Crippen LogP contribution in [0, 0.1) is 0 Å². The van der Waals surface area contributed by atoms with Gasteiger partial charge < -0.3 is 5.73 Å². The van der Waals surface area contributed by atoms with E-state index in [-0.39, 0.29) is 21.6 Å². The molecule has 2 aromatic rings. The van der Waals surface area contributed by atoms with E-state index in [1.807, 2.05) is 0 Å². The van der Waals surface area contributed by atoms with Crippen molar-refractivity contribution in [1.29, 1.82) is 0 Å². The number of hydrogen-bond acceptors (Lipinski definition) is 5. The van der Waals surface area contributed by atoms with Crippen LogP contribution < -0.4 is 11.2 Å². The van der Waals surface area contributed by atoms with Crippen molar-refractivity contribution < 1.29 is 18.0 Å². The normalized spacial score (nSPS) is 12.1. The van der Waals surface area contributed by atoms with Gasteiger partial charge in [0, 0.05) is 24.2 Å². The van der Waals surface area contributed by atoms with Crippen molar-refractivity contribution in [2.24, 2.45) is 10.8 Å². The fraction of sp³-hybridized carbons (Fsp3) is 0.143. The highest BCUT2D eigenvalue weighted by Gasteiger charge is 2.31. The van der Waals surface area contributed by atoms with E-state index in [0.717, 1.165) is 17.8 Å². The second kappa shape index (κ2) is 8.17. The van der Waals surface area contributed by atoms with Gasteiger partial charge in [-0.25, -0.2) is 10.4 Å². The number of nitrogens with two attached hydrogens (primary N) is 1. The van der Waals surface area contributed by atoms with Crippen molar-refractivity contribution in [3.8, 4) is 0 Å². The fourth-order valence-corrected chi connectivity index (χ4v) is 2.55. The Morgan fingerprint density at radius 2 is 2.04 bits per heavy atom. The summed E-state index contributed by atoms with van der Waals surface area (Å²) in [6.45, 7) is 0. The molecule has 0 radical (unpaired) electrons. The van der Waals surface area contributed by atoms with Gasteiger partial charge in [-0.3, -0.25) is 9.78 Å². The minimum absolute atomic E-state index is 0.0465. The maximum atomic E-state index is 12.5. The largest absolute Gasteiger partial charge is 0.417 e. The van der Waals surface area contributed by atoms with Gasteiger partial charge in [-0.15, -0.1) is 0 Å². The Labute approximate surface area is 149 Å². The number of amidine groups is 1. The molecule has 0 saturated carbocycles. The lowest BCUT2D eigenvalue weighted by Gasteiger charge is -2.08. The molecule has 0 aliphatic carbocycles. The number of rotatable bonds is 5. The van der Waals surface area contributed by atoms with Crippen LogP contribution >= 0.6 is 23.4 Å². The van der Waals surface area contributed by atoms with Crippen molar-refractivity contribution in [2.45, 2.75) is 11.2 Å². The van der Waals surface area contributed by atoms with Crippen LogP contribution in [-0.2, 0) is 6.18 Å². The zero-order valence-corrected chi connectivity index (χ0v) is 14.0. The summed E-state index contributed by atoms with van der Waals surface area (Å²) in [5.41, 5.74) is 7.32. The third-order valence-corrected chi connectivity index (χ3v) is 4.17. The SMILES string of the molecule is NC(CSc1ncc(C(F)(F)F)cc1Cl)=NNC(=O)c1ccncc1. The number of nitrogens with zero attached hydrogens (tertiary/aromatic N) is 3. The first-order valence-corrected chi connectivity index (χ1v) is 8.01.